The highest BCUT2D eigenvalue weighted by molar-refractivity contribution is 7.99. The van der Waals surface area contributed by atoms with Crippen molar-refractivity contribution in [2.24, 2.45) is 0 Å². The molecule has 2 aromatic rings. The van der Waals surface area contributed by atoms with Gasteiger partial charge in [0.15, 0.2) is 0 Å². The van der Waals surface area contributed by atoms with Gasteiger partial charge in [-0.15, -0.1) is 11.8 Å². The molecule has 1 heterocycles. The summed E-state index contributed by atoms with van der Waals surface area (Å²) in [5, 5.41) is 12.8. The summed E-state index contributed by atoms with van der Waals surface area (Å²) in [6.07, 6.45) is 0. The van der Waals surface area contributed by atoms with Crippen LogP contribution in [0.25, 0.3) is 0 Å². The molecule has 6 heteroatoms. The van der Waals surface area contributed by atoms with Gasteiger partial charge in [0, 0.05) is 16.9 Å². The van der Waals surface area contributed by atoms with Crippen molar-refractivity contribution >= 4 is 17.7 Å². The number of carbonyl (C=O) groups is 1. The second-order valence-corrected chi connectivity index (χ2v) is 5.71. The molecule has 0 atom stereocenters. The molecule has 22 heavy (non-hydrogen) atoms. The summed E-state index contributed by atoms with van der Waals surface area (Å²) in [5.41, 5.74) is 3.11. The number of esters is 1. The Morgan fingerprint density at radius 2 is 2.18 bits per heavy atom. The quantitative estimate of drug-likeness (QED) is 0.762. The molecular weight excluding hydrogens is 300 g/mol. The molecule has 0 aliphatic heterocycles. The summed E-state index contributed by atoms with van der Waals surface area (Å²) in [4.78, 5) is 11.7. The number of carbonyl (C=O) groups excluding carboxylic acids is 1. The number of hydrogen-bond acceptors (Lipinski definition) is 6. The number of thioether (sulfide) groups is 1. The van der Waals surface area contributed by atoms with Crippen molar-refractivity contribution in [3.63, 3.8) is 0 Å². The lowest BCUT2D eigenvalue weighted by molar-refractivity contribution is -0.141. The molecule has 0 spiro atoms. The molecule has 0 radical (unpaired) electrons. The molecule has 0 saturated carbocycles. The zero-order chi connectivity index (χ0) is 15.9. The molecule has 2 rings (SSSR count). The van der Waals surface area contributed by atoms with E-state index in [0.29, 0.717) is 16.9 Å². The van der Waals surface area contributed by atoms with Gasteiger partial charge in [-0.25, -0.2) is 0 Å². The molecular formula is C16H16N2O3S. The number of nitrogens with zero attached hydrogens (tertiary/aromatic N) is 2. The third-order valence-corrected chi connectivity index (χ3v) is 4.11. The Morgan fingerprint density at radius 3 is 2.86 bits per heavy atom. The molecule has 0 aliphatic rings. The summed E-state index contributed by atoms with van der Waals surface area (Å²) < 4.78 is 10.3. The second-order valence-electron chi connectivity index (χ2n) is 4.73. The van der Waals surface area contributed by atoms with E-state index in [1.165, 1.54) is 11.8 Å². The van der Waals surface area contributed by atoms with Crippen LogP contribution in [0.15, 0.2) is 28.8 Å². The highest BCUT2D eigenvalue weighted by Crippen LogP contribution is 2.19. The van der Waals surface area contributed by atoms with Crippen LogP contribution in [-0.2, 0) is 21.9 Å². The van der Waals surface area contributed by atoms with Crippen molar-refractivity contribution in [1.82, 2.24) is 5.16 Å². The standard InChI is InChI=1S/C16H16N2O3S/c1-11-15(12(2)21-18-11)9-22-10-16(19)20-8-14-6-4-3-5-13(14)7-17/h3-6H,8-10H2,1-2H3. The highest BCUT2D eigenvalue weighted by atomic mass is 32.2. The van der Waals surface area contributed by atoms with Gasteiger partial charge in [0.2, 0.25) is 0 Å². The van der Waals surface area contributed by atoms with E-state index in [2.05, 4.69) is 11.2 Å². The van der Waals surface area contributed by atoms with Gasteiger partial charge >= 0.3 is 5.97 Å². The van der Waals surface area contributed by atoms with Crippen LogP contribution in [-0.4, -0.2) is 16.9 Å². The molecule has 114 valence electrons. The van der Waals surface area contributed by atoms with E-state index in [1.807, 2.05) is 19.9 Å². The van der Waals surface area contributed by atoms with Crippen LogP contribution in [0.5, 0.6) is 0 Å². The van der Waals surface area contributed by atoms with Gasteiger partial charge in [-0.2, -0.15) is 5.26 Å². The molecule has 0 saturated heterocycles. The normalized spacial score (nSPS) is 10.2. The van der Waals surface area contributed by atoms with Gasteiger partial charge in [-0.1, -0.05) is 23.4 Å². The SMILES string of the molecule is Cc1noc(C)c1CSCC(=O)OCc1ccccc1C#N. The molecule has 1 aromatic carbocycles. The van der Waals surface area contributed by atoms with Crippen molar-refractivity contribution < 1.29 is 14.1 Å². The molecule has 0 bridgehead atoms. The lowest BCUT2D eigenvalue weighted by Gasteiger charge is -2.06. The predicted molar refractivity (Wildman–Crippen MR) is 83.1 cm³/mol. The van der Waals surface area contributed by atoms with Crippen molar-refractivity contribution in [3.8, 4) is 6.07 Å². The van der Waals surface area contributed by atoms with E-state index >= 15 is 0 Å². The first-order valence-electron chi connectivity index (χ1n) is 6.75. The van der Waals surface area contributed by atoms with Crippen molar-refractivity contribution in [2.45, 2.75) is 26.2 Å². The largest absolute Gasteiger partial charge is 0.460 e. The average molecular weight is 316 g/mol. The third-order valence-electron chi connectivity index (χ3n) is 3.17. The number of ether oxygens (including phenoxy) is 1. The minimum absolute atomic E-state index is 0.119. The Balaban J connectivity index is 1.78. The maximum Gasteiger partial charge on any atom is 0.316 e. The summed E-state index contributed by atoms with van der Waals surface area (Å²) in [7, 11) is 0. The van der Waals surface area contributed by atoms with Crippen molar-refractivity contribution in [1.29, 1.82) is 5.26 Å². The van der Waals surface area contributed by atoms with Crippen LogP contribution >= 0.6 is 11.8 Å². The molecule has 5 nitrogen and oxygen atoms in total. The Labute approximate surface area is 133 Å². The molecule has 1 aromatic heterocycles. The number of hydrogen-bond donors (Lipinski definition) is 0. The molecule has 0 fully saturated rings. The van der Waals surface area contributed by atoms with E-state index in [4.69, 9.17) is 14.5 Å². The lowest BCUT2D eigenvalue weighted by atomic mass is 10.1. The summed E-state index contributed by atoms with van der Waals surface area (Å²) in [5.74, 6) is 1.38. The van der Waals surface area contributed by atoms with Crippen LogP contribution in [0.2, 0.25) is 0 Å². The first-order valence-corrected chi connectivity index (χ1v) is 7.90. The molecule has 0 N–H and O–H groups in total. The molecule has 0 unspecified atom stereocenters. The van der Waals surface area contributed by atoms with Gasteiger partial charge in [0.1, 0.15) is 12.4 Å². The first-order chi connectivity index (χ1) is 10.6. The second kappa shape index (κ2) is 7.66. The average Bonchev–Trinajstić information content (AvgIpc) is 2.85. The van der Waals surface area contributed by atoms with Gasteiger partial charge in [-0.05, 0) is 19.9 Å². The number of aryl methyl sites for hydroxylation is 2. The van der Waals surface area contributed by atoms with Crippen molar-refractivity contribution in [2.75, 3.05) is 5.75 Å². The summed E-state index contributed by atoms with van der Waals surface area (Å²) >= 11 is 1.45. The highest BCUT2D eigenvalue weighted by Gasteiger charge is 2.11. The Hall–Kier alpha value is -2.26. The van der Waals surface area contributed by atoms with Crippen molar-refractivity contribution in [3.05, 3.63) is 52.4 Å². The Morgan fingerprint density at radius 1 is 1.41 bits per heavy atom. The van der Waals surface area contributed by atoms with Crippen LogP contribution in [0, 0.1) is 25.2 Å². The smallest absolute Gasteiger partial charge is 0.316 e. The number of benzene rings is 1. The zero-order valence-electron chi connectivity index (χ0n) is 12.5. The van der Waals surface area contributed by atoms with E-state index in [-0.39, 0.29) is 18.3 Å². The molecule has 0 amide bonds. The minimum atomic E-state index is -0.301. The Bertz CT molecular complexity index is 684. The number of aromatic nitrogens is 1. The zero-order valence-corrected chi connectivity index (χ0v) is 13.3. The fourth-order valence-corrected chi connectivity index (χ4v) is 2.87. The third kappa shape index (κ3) is 4.12. The maximum absolute atomic E-state index is 11.7. The van der Waals surface area contributed by atoms with E-state index in [0.717, 1.165) is 17.0 Å². The van der Waals surface area contributed by atoms with E-state index < -0.39 is 0 Å². The van der Waals surface area contributed by atoms with Crippen LogP contribution in [0.3, 0.4) is 0 Å². The Kier molecular flexibility index (Phi) is 5.61. The lowest BCUT2D eigenvalue weighted by Crippen LogP contribution is -2.08. The topological polar surface area (TPSA) is 76.1 Å². The van der Waals surface area contributed by atoms with E-state index in [1.54, 1.807) is 18.2 Å². The fourth-order valence-electron chi connectivity index (χ4n) is 1.90. The summed E-state index contributed by atoms with van der Waals surface area (Å²) in [6.45, 7) is 3.85. The van der Waals surface area contributed by atoms with Crippen LogP contribution < -0.4 is 0 Å². The maximum atomic E-state index is 11.7. The number of nitriles is 1. The van der Waals surface area contributed by atoms with Gasteiger partial charge in [0.25, 0.3) is 0 Å². The van der Waals surface area contributed by atoms with Crippen LogP contribution in [0.1, 0.15) is 28.1 Å². The predicted octanol–water partition coefficient (Wildman–Crippen LogP) is 3.14. The van der Waals surface area contributed by atoms with Crippen LogP contribution in [0.4, 0.5) is 0 Å². The number of rotatable bonds is 6. The van der Waals surface area contributed by atoms with Gasteiger partial charge < -0.3 is 9.26 Å². The van der Waals surface area contributed by atoms with Gasteiger partial charge in [-0.3, -0.25) is 4.79 Å². The van der Waals surface area contributed by atoms with Gasteiger partial charge in [0.05, 0.1) is 23.1 Å². The summed E-state index contributed by atoms with van der Waals surface area (Å²) in [6, 6.07) is 9.16. The minimum Gasteiger partial charge on any atom is -0.460 e. The van der Waals surface area contributed by atoms with E-state index in [9.17, 15) is 4.79 Å². The monoisotopic (exact) mass is 316 g/mol. The molecule has 0 aliphatic carbocycles. The fraction of sp³-hybridized carbons (Fsp3) is 0.312. The first kappa shape index (κ1) is 16.1.